The predicted octanol–water partition coefficient (Wildman–Crippen LogP) is -0.0975. The maximum absolute atomic E-state index is 12.0. The first-order valence-electron chi connectivity index (χ1n) is 6.06. The molecule has 0 aliphatic carbocycles. The molecule has 0 spiro atoms. The van der Waals surface area contributed by atoms with Crippen LogP contribution in [0.5, 0.6) is 0 Å². The largest absolute Gasteiger partial charge is 0.339 e. The van der Waals surface area contributed by atoms with E-state index < -0.39 is 0 Å². The summed E-state index contributed by atoms with van der Waals surface area (Å²) in [5, 5.41) is 3.27. The number of piperazine rings is 1. The number of nitrogens with zero attached hydrogens (tertiary/aromatic N) is 2. The molecule has 86 valence electrons. The molecule has 1 N–H and O–H groups in total. The van der Waals surface area contributed by atoms with Gasteiger partial charge in [0.2, 0.25) is 5.91 Å². The van der Waals surface area contributed by atoms with E-state index in [9.17, 15) is 4.79 Å². The molecule has 2 aliphatic rings. The van der Waals surface area contributed by atoms with Crippen molar-refractivity contribution >= 4 is 5.91 Å². The molecule has 1 unspecified atom stereocenters. The summed E-state index contributed by atoms with van der Waals surface area (Å²) in [6.45, 7) is 8.17. The zero-order valence-electron chi connectivity index (χ0n) is 9.54. The van der Waals surface area contributed by atoms with E-state index in [-0.39, 0.29) is 6.04 Å². The molecule has 0 saturated carbocycles. The van der Waals surface area contributed by atoms with Crippen LogP contribution in [0.3, 0.4) is 0 Å². The van der Waals surface area contributed by atoms with Crippen molar-refractivity contribution in [3.8, 4) is 0 Å². The average molecular weight is 211 g/mol. The molecular weight excluding hydrogens is 190 g/mol. The quantitative estimate of drug-likeness (QED) is 0.693. The summed E-state index contributed by atoms with van der Waals surface area (Å²) in [5.74, 6) is 0.322. The predicted molar refractivity (Wildman–Crippen MR) is 59.7 cm³/mol. The van der Waals surface area contributed by atoms with E-state index in [0.29, 0.717) is 5.91 Å². The Morgan fingerprint density at radius 3 is 2.60 bits per heavy atom. The van der Waals surface area contributed by atoms with Crippen LogP contribution in [-0.2, 0) is 4.79 Å². The summed E-state index contributed by atoms with van der Waals surface area (Å²) in [7, 11) is 0. The minimum absolute atomic E-state index is 0.109. The van der Waals surface area contributed by atoms with Gasteiger partial charge in [-0.25, -0.2) is 0 Å². The van der Waals surface area contributed by atoms with Gasteiger partial charge in [-0.15, -0.1) is 0 Å². The second-order valence-electron chi connectivity index (χ2n) is 4.41. The lowest BCUT2D eigenvalue weighted by Crippen LogP contribution is -2.52. The maximum Gasteiger partial charge on any atom is 0.239 e. The van der Waals surface area contributed by atoms with Crippen molar-refractivity contribution in [3.05, 3.63) is 0 Å². The average Bonchev–Trinajstić information content (AvgIpc) is 2.82. The van der Waals surface area contributed by atoms with E-state index in [1.54, 1.807) is 0 Å². The second kappa shape index (κ2) is 4.94. The molecule has 4 heteroatoms. The molecule has 2 rings (SSSR count). The van der Waals surface area contributed by atoms with Crippen molar-refractivity contribution in [2.75, 3.05) is 39.3 Å². The number of nitrogens with one attached hydrogen (secondary N) is 1. The van der Waals surface area contributed by atoms with Crippen molar-refractivity contribution < 1.29 is 4.79 Å². The Morgan fingerprint density at radius 2 is 2.07 bits per heavy atom. The van der Waals surface area contributed by atoms with Gasteiger partial charge in [-0.3, -0.25) is 4.79 Å². The number of rotatable bonds is 2. The van der Waals surface area contributed by atoms with Crippen LogP contribution in [0.15, 0.2) is 0 Å². The number of hydrogen-bond donors (Lipinski definition) is 1. The second-order valence-corrected chi connectivity index (χ2v) is 4.41. The molecule has 2 fully saturated rings. The monoisotopic (exact) mass is 211 g/mol. The van der Waals surface area contributed by atoms with Gasteiger partial charge in [0.25, 0.3) is 0 Å². The third-order valence-electron chi connectivity index (χ3n) is 3.49. The van der Waals surface area contributed by atoms with Crippen LogP contribution >= 0.6 is 0 Å². The molecule has 1 atom stereocenters. The van der Waals surface area contributed by atoms with E-state index in [0.717, 1.165) is 52.1 Å². The molecule has 4 nitrogen and oxygen atoms in total. The van der Waals surface area contributed by atoms with E-state index in [2.05, 4.69) is 17.1 Å². The van der Waals surface area contributed by atoms with Crippen molar-refractivity contribution in [2.24, 2.45) is 0 Å². The van der Waals surface area contributed by atoms with Gasteiger partial charge in [0, 0.05) is 26.2 Å². The zero-order valence-corrected chi connectivity index (χ0v) is 9.54. The van der Waals surface area contributed by atoms with E-state index >= 15 is 0 Å². The van der Waals surface area contributed by atoms with Gasteiger partial charge in [0.1, 0.15) is 0 Å². The molecule has 2 heterocycles. The Balaban J connectivity index is 1.81. The zero-order chi connectivity index (χ0) is 10.7. The van der Waals surface area contributed by atoms with Crippen molar-refractivity contribution in [2.45, 2.75) is 25.8 Å². The lowest BCUT2D eigenvalue weighted by molar-refractivity contribution is -0.134. The number of likely N-dealkylation sites (N-methyl/N-ethyl adjacent to an activating group) is 1. The maximum atomic E-state index is 12.0. The Labute approximate surface area is 91.6 Å². The standard InChI is InChI=1S/C11H21N3O/c1-2-13-6-8-14(9-7-13)11(15)10-4-3-5-12-10/h10,12H,2-9H2,1H3. The van der Waals surface area contributed by atoms with Crippen molar-refractivity contribution in [3.63, 3.8) is 0 Å². The van der Waals surface area contributed by atoms with Crippen LogP contribution in [0.25, 0.3) is 0 Å². The first-order valence-corrected chi connectivity index (χ1v) is 6.06. The molecule has 0 aromatic heterocycles. The van der Waals surface area contributed by atoms with Crippen LogP contribution in [0.2, 0.25) is 0 Å². The lowest BCUT2D eigenvalue weighted by atomic mass is 10.2. The molecule has 0 radical (unpaired) electrons. The van der Waals surface area contributed by atoms with Crippen molar-refractivity contribution in [1.29, 1.82) is 0 Å². The van der Waals surface area contributed by atoms with Gasteiger partial charge < -0.3 is 15.1 Å². The van der Waals surface area contributed by atoms with Crippen molar-refractivity contribution in [1.82, 2.24) is 15.1 Å². The lowest BCUT2D eigenvalue weighted by Gasteiger charge is -2.35. The third-order valence-corrected chi connectivity index (χ3v) is 3.49. The van der Waals surface area contributed by atoms with Crippen LogP contribution in [0, 0.1) is 0 Å². The fourth-order valence-corrected chi connectivity index (χ4v) is 2.40. The smallest absolute Gasteiger partial charge is 0.239 e. The fraction of sp³-hybridized carbons (Fsp3) is 0.909. The molecular formula is C11H21N3O. The Kier molecular flexibility index (Phi) is 3.59. The Hall–Kier alpha value is -0.610. The summed E-state index contributed by atoms with van der Waals surface area (Å²) in [4.78, 5) is 16.5. The summed E-state index contributed by atoms with van der Waals surface area (Å²) in [6, 6.07) is 0.109. The van der Waals surface area contributed by atoms with Crippen LogP contribution in [0.1, 0.15) is 19.8 Å². The van der Waals surface area contributed by atoms with E-state index in [4.69, 9.17) is 0 Å². The molecule has 0 bridgehead atoms. The number of hydrogen-bond acceptors (Lipinski definition) is 3. The molecule has 15 heavy (non-hydrogen) atoms. The summed E-state index contributed by atoms with van der Waals surface area (Å²) < 4.78 is 0. The van der Waals surface area contributed by atoms with E-state index in [1.807, 2.05) is 4.90 Å². The highest BCUT2D eigenvalue weighted by Gasteiger charge is 2.28. The topological polar surface area (TPSA) is 35.6 Å². The van der Waals surface area contributed by atoms with Crippen LogP contribution in [0.4, 0.5) is 0 Å². The SMILES string of the molecule is CCN1CCN(C(=O)C2CCCN2)CC1. The highest BCUT2D eigenvalue weighted by Crippen LogP contribution is 2.10. The Bertz CT molecular complexity index is 218. The molecule has 2 saturated heterocycles. The third kappa shape index (κ3) is 2.49. The fourth-order valence-electron chi connectivity index (χ4n) is 2.40. The van der Waals surface area contributed by atoms with Gasteiger partial charge in [-0.05, 0) is 25.9 Å². The first kappa shape index (κ1) is 10.9. The summed E-state index contributed by atoms with van der Waals surface area (Å²) in [6.07, 6.45) is 2.16. The molecule has 0 aromatic carbocycles. The molecule has 0 aromatic rings. The molecule has 1 amide bonds. The minimum atomic E-state index is 0.109. The van der Waals surface area contributed by atoms with Crippen LogP contribution < -0.4 is 5.32 Å². The van der Waals surface area contributed by atoms with Crippen LogP contribution in [-0.4, -0.2) is 61.0 Å². The highest BCUT2D eigenvalue weighted by atomic mass is 16.2. The normalized spacial score (nSPS) is 28.3. The summed E-state index contributed by atoms with van der Waals surface area (Å²) >= 11 is 0. The number of carbonyl (C=O) groups is 1. The molecule has 2 aliphatic heterocycles. The summed E-state index contributed by atoms with van der Waals surface area (Å²) in [5.41, 5.74) is 0. The Morgan fingerprint density at radius 1 is 1.33 bits per heavy atom. The number of amides is 1. The van der Waals surface area contributed by atoms with Gasteiger partial charge in [-0.2, -0.15) is 0 Å². The van der Waals surface area contributed by atoms with Gasteiger partial charge >= 0.3 is 0 Å². The highest BCUT2D eigenvalue weighted by molar-refractivity contribution is 5.82. The first-order chi connectivity index (χ1) is 7.31. The van der Waals surface area contributed by atoms with Gasteiger partial charge in [-0.1, -0.05) is 6.92 Å². The van der Waals surface area contributed by atoms with E-state index in [1.165, 1.54) is 0 Å². The number of carbonyl (C=O) groups excluding carboxylic acids is 1. The minimum Gasteiger partial charge on any atom is -0.339 e. The van der Waals surface area contributed by atoms with Gasteiger partial charge in [0.15, 0.2) is 0 Å². The van der Waals surface area contributed by atoms with Gasteiger partial charge in [0.05, 0.1) is 6.04 Å².